The maximum Gasteiger partial charge on any atom is 0.236 e. The molecule has 0 saturated carbocycles. The summed E-state index contributed by atoms with van der Waals surface area (Å²) in [5, 5.41) is 5.99. The van der Waals surface area contributed by atoms with Crippen molar-refractivity contribution in [2.75, 3.05) is 18.0 Å². The SMILES string of the molecule is C[C@]1(c2ccc(N3CC[C@H]4NCC[C@H]43)nc2)CCC(=O)NC1=O. The molecule has 1 aromatic heterocycles. The summed E-state index contributed by atoms with van der Waals surface area (Å²) in [6, 6.07) is 5.14. The first-order valence-corrected chi connectivity index (χ1v) is 8.39. The number of aromatic nitrogens is 1. The lowest BCUT2D eigenvalue weighted by atomic mass is 9.76. The third kappa shape index (κ3) is 2.32. The average molecular weight is 314 g/mol. The number of pyridine rings is 1. The fourth-order valence-electron chi connectivity index (χ4n) is 4.11. The molecule has 0 bridgehead atoms. The van der Waals surface area contributed by atoms with Gasteiger partial charge in [-0.2, -0.15) is 0 Å². The van der Waals surface area contributed by atoms with Gasteiger partial charge in [-0.3, -0.25) is 14.9 Å². The molecular weight excluding hydrogens is 292 g/mol. The van der Waals surface area contributed by atoms with Crippen LogP contribution in [0.4, 0.5) is 5.82 Å². The van der Waals surface area contributed by atoms with Crippen LogP contribution in [0.2, 0.25) is 0 Å². The summed E-state index contributed by atoms with van der Waals surface area (Å²) < 4.78 is 0. The number of rotatable bonds is 2. The molecule has 2 amide bonds. The van der Waals surface area contributed by atoms with E-state index >= 15 is 0 Å². The quantitative estimate of drug-likeness (QED) is 0.787. The summed E-state index contributed by atoms with van der Waals surface area (Å²) >= 11 is 0. The van der Waals surface area contributed by atoms with Gasteiger partial charge < -0.3 is 10.2 Å². The monoisotopic (exact) mass is 314 g/mol. The average Bonchev–Trinajstić information content (AvgIpc) is 3.15. The molecule has 4 rings (SSSR count). The molecule has 122 valence electrons. The molecule has 4 heterocycles. The zero-order valence-corrected chi connectivity index (χ0v) is 13.3. The largest absolute Gasteiger partial charge is 0.352 e. The van der Waals surface area contributed by atoms with Crippen LogP contribution in [-0.2, 0) is 15.0 Å². The lowest BCUT2D eigenvalue weighted by Crippen LogP contribution is -2.49. The second-order valence-corrected chi connectivity index (χ2v) is 7.01. The highest BCUT2D eigenvalue weighted by molar-refractivity contribution is 6.03. The first-order valence-electron chi connectivity index (χ1n) is 8.39. The Bertz CT molecular complexity index is 644. The Kier molecular flexibility index (Phi) is 3.37. The molecule has 23 heavy (non-hydrogen) atoms. The van der Waals surface area contributed by atoms with Crippen molar-refractivity contribution in [3.8, 4) is 0 Å². The highest BCUT2D eigenvalue weighted by atomic mass is 16.2. The van der Waals surface area contributed by atoms with Gasteiger partial charge in [0.1, 0.15) is 5.82 Å². The number of carbonyl (C=O) groups excluding carboxylic acids is 2. The molecule has 0 aromatic carbocycles. The minimum absolute atomic E-state index is 0.186. The number of carbonyl (C=O) groups is 2. The van der Waals surface area contributed by atoms with E-state index in [1.165, 1.54) is 0 Å². The van der Waals surface area contributed by atoms with Crippen molar-refractivity contribution in [2.45, 2.75) is 50.1 Å². The molecule has 3 atom stereocenters. The van der Waals surface area contributed by atoms with E-state index in [2.05, 4.69) is 20.5 Å². The predicted octanol–water partition coefficient (Wildman–Crippen LogP) is 0.717. The van der Waals surface area contributed by atoms with Crippen LogP contribution >= 0.6 is 0 Å². The van der Waals surface area contributed by atoms with E-state index in [4.69, 9.17) is 0 Å². The Labute approximate surface area is 135 Å². The van der Waals surface area contributed by atoms with Crippen LogP contribution in [0.25, 0.3) is 0 Å². The number of nitrogens with zero attached hydrogens (tertiary/aromatic N) is 2. The number of fused-ring (bicyclic) bond motifs is 1. The summed E-state index contributed by atoms with van der Waals surface area (Å²) in [6.45, 7) is 4.00. The van der Waals surface area contributed by atoms with Gasteiger partial charge in [-0.25, -0.2) is 4.98 Å². The number of piperidine rings is 1. The summed E-state index contributed by atoms with van der Waals surface area (Å²) in [5.41, 5.74) is 0.216. The minimum atomic E-state index is -0.665. The van der Waals surface area contributed by atoms with E-state index < -0.39 is 5.41 Å². The second kappa shape index (κ2) is 5.30. The number of amides is 2. The van der Waals surface area contributed by atoms with Crippen LogP contribution in [-0.4, -0.2) is 42.0 Å². The van der Waals surface area contributed by atoms with Crippen molar-refractivity contribution in [3.05, 3.63) is 23.9 Å². The van der Waals surface area contributed by atoms with Crippen molar-refractivity contribution in [1.82, 2.24) is 15.6 Å². The van der Waals surface area contributed by atoms with Crippen molar-refractivity contribution < 1.29 is 9.59 Å². The van der Waals surface area contributed by atoms with Crippen LogP contribution < -0.4 is 15.5 Å². The van der Waals surface area contributed by atoms with E-state index in [1.54, 1.807) is 6.20 Å². The molecule has 0 radical (unpaired) electrons. The van der Waals surface area contributed by atoms with Gasteiger partial charge in [-0.15, -0.1) is 0 Å². The highest BCUT2D eigenvalue weighted by Crippen LogP contribution is 2.34. The predicted molar refractivity (Wildman–Crippen MR) is 86.1 cm³/mol. The maximum atomic E-state index is 12.2. The maximum absolute atomic E-state index is 12.2. The number of anilines is 1. The van der Waals surface area contributed by atoms with Gasteiger partial charge in [0.2, 0.25) is 11.8 Å². The Balaban J connectivity index is 1.56. The molecule has 3 fully saturated rings. The molecule has 1 aromatic rings. The van der Waals surface area contributed by atoms with Crippen molar-refractivity contribution in [1.29, 1.82) is 0 Å². The normalized spacial score (nSPS) is 33.7. The van der Waals surface area contributed by atoms with E-state index in [-0.39, 0.29) is 11.8 Å². The number of hydrogen-bond donors (Lipinski definition) is 2. The molecular formula is C17H22N4O2. The third-order valence-electron chi connectivity index (χ3n) is 5.68. The van der Waals surface area contributed by atoms with E-state index in [0.717, 1.165) is 37.3 Å². The first kappa shape index (κ1) is 14.6. The van der Waals surface area contributed by atoms with Crippen LogP contribution in [0.3, 0.4) is 0 Å². The summed E-state index contributed by atoms with van der Waals surface area (Å²) in [4.78, 5) is 30.6. The fraction of sp³-hybridized carbons (Fsp3) is 0.588. The Morgan fingerprint density at radius 2 is 2.17 bits per heavy atom. The zero-order valence-electron chi connectivity index (χ0n) is 13.3. The molecule has 0 spiro atoms. The van der Waals surface area contributed by atoms with Gasteiger partial charge in [-0.05, 0) is 44.4 Å². The van der Waals surface area contributed by atoms with Crippen LogP contribution in [0.5, 0.6) is 0 Å². The standard InChI is InChI=1S/C17H22N4O2/c1-17(7-4-15(22)20-16(17)23)11-2-3-14(19-10-11)21-9-6-12-13(21)5-8-18-12/h2-3,10,12-13,18H,4-9H2,1H3,(H,20,22,23)/t12-,13-,17-/m1/s1. The van der Waals surface area contributed by atoms with Crippen LogP contribution in [0, 0.1) is 0 Å². The third-order valence-corrected chi connectivity index (χ3v) is 5.68. The highest BCUT2D eigenvalue weighted by Gasteiger charge is 2.41. The number of imide groups is 1. The van der Waals surface area contributed by atoms with Gasteiger partial charge in [0.15, 0.2) is 0 Å². The van der Waals surface area contributed by atoms with Crippen molar-refractivity contribution in [2.24, 2.45) is 0 Å². The molecule has 0 aliphatic carbocycles. The van der Waals surface area contributed by atoms with E-state index in [0.29, 0.717) is 24.9 Å². The summed E-state index contributed by atoms with van der Waals surface area (Å²) in [5.74, 6) is 0.583. The molecule has 3 aliphatic rings. The summed E-state index contributed by atoms with van der Waals surface area (Å²) in [7, 11) is 0. The molecule has 6 nitrogen and oxygen atoms in total. The van der Waals surface area contributed by atoms with Crippen molar-refractivity contribution in [3.63, 3.8) is 0 Å². The number of hydrogen-bond acceptors (Lipinski definition) is 5. The zero-order chi connectivity index (χ0) is 16.0. The number of nitrogens with one attached hydrogen (secondary N) is 2. The Morgan fingerprint density at radius 3 is 2.91 bits per heavy atom. The first-order chi connectivity index (χ1) is 11.1. The molecule has 3 saturated heterocycles. The van der Waals surface area contributed by atoms with Crippen molar-refractivity contribution >= 4 is 17.6 Å². The Morgan fingerprint density at radius 1 is 1.30 bits per heavy atom. The molecule has 0 unspecified atom stereocenters. The second-order valence-electron chi connectivity index (χ2n) is 7.01. The Hall–Kier alpha value is -1.95. The fourth-order valence-corrected chi connectivity index (χ4v) is 4.11. The molecule has 2 N–H and O–H groups in total. The molecule has 3 aliphatic heterocycles. The van der Waals surface area contributed by atoms with Crippen LogP contribution in [0.15, 0.2) is 18.3 Å². The lowest BCUT2D eigenvalue weighted by Gasteiger charge is -2.32. The molecule has 6 heteroatoms. The topological polar surface area (TPSA) is 74.3 Å². The smallest absolute Gasteiger partial charge is 0.236 e. The van der Waals surface area contributed by atoms with E-state index in [9.17, 15) is 9.59 Å². The summed E-state index contributed by atoms with van der Waals surface area (Å²) in [6.07, 6.45) is 5.05. The van der Waals surface area contributed by atoms with Gasteiger partial charge in [-0.1, -0.05) is 6.07 Å². The minimum Gasteiger partial charge on any atom is -0.352 e. The van der Waals surface area contributed by atoms with Gasteiger partial charge in [0, 0.05) is 31.2 Å². The van der Waals surface area contributed by atoms with Crippen LogP contribution in [0.1, 0.15) is 38.2 Å². The van der Waals surface area contributed by atoms with Gasteiger partial charge in [0.05, 0.1) is 5.41 Å². The lowest BCUT2D eigenvalue weighted by molar-refractivity contribution is -0.137. The van der Waals surface area contributed by atoms with Gasteiger partial charge in [0.25, 0.3) is 0 Å². The van der Waals surface area contributed by atoms with E-state index in [1.807, 2.05) is 19.1 Å². The van der Waals surface area contributed by atoms with Gasteiger partial charge >= 0.3 is 0 Å².